The maximum Gasteiger partial charge on any atom is 0.340 e. The predicted octanol–water partition coefficient (Wildman–Crippen LogP) is 3.96. The molecular formula is C20H24N2O3. The first-order valence-electron chi connectivity index (χ1n) is 8.27. The Morgan fingerprint density at radius 1 is 1.08 bits per heavy atom. The first kappa shape index (κ1) is 18.5. The van der Waals surface area contributed by atoms with E-state index in [4.69, 9.17) is 4.74 Å². The number of para-hydroxylation sites is 2. The Labute approximate surface area is 148 Å². The third-order valence-corrected chi connectivity index (χ3v) is 3.94. The van der Waals surface area contributed by atoms with Gasteiger partial charge in [0.25, 0.3) is 5.91 Å². The number of anilines is 2. The van der Waals surface area contributed by atoms with E-state index in [1.165, 1.54) is 0 Å². The van der Waals surface area contributed by atoms with Gasteiger partial charge >= 0.3 is 5.97 Å². The highest BCUT2D eigenvalue weighted by Gasteiger charge is 2.16. The molecule has 0 heterocycles. The molecule has 25 heavy (non-hydrogen) atoms. The van der Waals surface area contributed by atoms with Crippen molar-refractivity contribution in [3.63, 3.8) is 0 Å². The van der Waals surface area contributed by atoms with Crippen LogP contribution in [0.4, 0.5) is 11.4 Å². The molecule has 5 nitrogen and oxygen atoms in total. The van der Waals surface area contributed by atoms with Gasteiger partial charge in [-0.2, -0.15) is 0 Å². The lowest BCUT2D eigenvalue weighted by molar-refractivity contribution is -0.119. The van der Waals surface area contributed by atoms with Crippen molar-refractivity contribution in [2.75, 3.05) is 24.3 Å². The number of rotatable bonds is 6. The zero-order chi connectivity index (χ0) is 18.4. The molecule has 0 fully saturated rings. The van der Waals surface area contributed by atoms with E-state index in [0.717, 1.165) is 16.8 Å². The second-order valence-electron chi connectivity index (χ2n) is 6.11. The molecule has 5 heteroatoms. The average Bonchev–Trinajstić information content (AvgIpc) is 2.61. The molecule has 0 unspecified atom stereocenters. The zero-order valence-electron chi connectivity index (χ0n) is 15.1. The number of esters is 1. The fourth-order valence-corrected chi connectivity index (χ4v) is 2.61. The van der Waals surface area contributed by atoms with Crippen molar-refractivity contribution >= 4 is 23.3 Å². The van der Waals surface area contributed by atoms with Gasteiger partial charge in [0, 0.05) is 18.4 Å². The van der Waals surface area contributed by atoms with E-state index >= 15 is 0 Å². The molecule has 0 aromatic heterocycles. The number of hydrogen-bond acceptors (Lipinski definition) is 4. The molecule has 132 valence electrons. The molecule has 0 aliphatic heterocycles. The molecular weight excluding hydrogens is 316 g/mol. The number of carbonyl (C=O) groups excluding carboxylic acids is 2. The van der Waals surface area contributed by atoms with Gasteiger partial charge in [-0.15, -0.1) is 0 Å². The van der Waals surface area contributed by atoms with Gasteiger partial charge in [0.15, 0.2) is 6.61 Å². The summed E-state index contributed by atoms with van der Waals surface area (Å²) in [6.45, 7) is 5.75. The number of amides is 1. The molecule has 0 aliphatic carbocycles. The molecule has 0 radical (unpaired) electrons. The van der Waals surface area contributed by atoms with Gasteiger partial charge in [-0.05, 0) is 36.1 Å². The van der Waals surface area contributed by atoms with E-state index in [1.54, 1.807) is 25.2 Å². The summed E-state index contributed by atoms with van der Waals surface area (Å²) in [6.07, 6.45) is 0. The third-order valence-electron chi connectivity index (χ3n) is 3.94. The largest absolute Gasteiger partial charge is 0.452 e. The van der Waals surface area contributed by atoms with E-state index < -0.39 is 5.97 Å². The molecule has 2 aromatic carbocycles. The standard InChI is InChI=1S/C20H24N2O3/c1-13(2)15-10-7-8-14(3)19(15)22-18(23)12-25-20(24)16-9-5-6-11-17(16)21-4/h5-11,13,21H,12H2,1-4H3,(H,22,23). The highest BCUT2D eigenvalue weighted by atomic mass is 16.5. The number of hydrogen-bond donors (Lipinski definition) is 2. The lowest BCUT2D eigenvalue weighted by Crippen LogP contribution is -2.22. The minimum absolute atomic E-state index is 0.278. The fourth-order valence-electron chi connectivity index (χ4n) is 2.61. The van der Waals surface area contributed by atoms with Crippen molar-refractivity contribution < 1.29 is 14.3 Å². The first-order valence-corrected chi connectivity index (χ1v) is 8.27. The summed E-state index contributed by atoms with van der Waals surface area (Å²) in [5.41, 5.74) is 3.88. The maximum absolute atomic E-state index is 12.2. The molecule has 0 saturated carbocycles. The monoisotopic (exact) mass is 340 g/mol. The van der Waals surface area contributed by atoms with Gasteiger partial charge in [0.1, 0.15) is 0 Å². The number of nitrogens with one attached hydrogen (secondary N) is 2. The van der Waals surface area contributed by atoms with Crippen LogP contribution in [0.15, 0.2) is 42.5 Å². The molecule has 2 rings (SSSR count). The van der Waals surface area contributed by atoms with Crippen LogP contribution < -0.4 is 10.6 Å². The van der Waals surface area contributed by atoms with Crippen LogP contribution in [0.25, 0.3) is 0 Å². The lowest BCUT2D eigenvalue weighted by Gasteiger charge is -2.16. The highest BCUT2D eigenvalue weighted by molar-refractivity contribution is 5.99. The summed E-state index contributed by atoms with van der Waals surface area (Å²) in [5, 5.41) is 5.79. The third kappa shape index (κ3) is 4.59. The number of benzene rings is 2. The topological polar surface area (TPSA) is 67.4 Å². The molecule has 0 aliphatic rings. The Morgan fingerprint density at radius 2 is 1.80 bits per heavy atom. The Morgan fingerprint density at radius 3 is 2.48 bits per heavy atom. The van der Waals surface area contributed by atoms with Crippen LogP contribution in [0, 0.1) is 6.92 Å². The van der Waals surface area contributed by atoms with Crippen LogP contribution in [0.1, 0.15) is 41.3 Å². The molecule has 0 atom stereocenters. The fraction of sp³-hybridized carbons (Fsp3) is 0.300. The van der Waals surface area contributed by atoms with E-state index in [0.29, 0.717) is 11.3 Å². The molecule has 1 amide bonds. The van der Waals surface area contributed by atoms with E-state index in [9.17, 15) is 9.59 Å². The van der Waals surface area contributed by atoms with Gasteiger partial charge in [-0.3, -0.25) is 4.79 Å². The predicted molar refractivity (Wildman–Crippen MR) is 100 cm³/mol. The summed E-state index contributed by atoms with van der Waals surface area (Å²) in [7, 11) is 1.73. The van der Waals surface area contributed by atoms with Crippen molar-refractivity contribution in [1.29, 1.82) is 0 Å². The maximum atomic E-state index is 12.2. The van der Waals surface area contributed by atoms with Crippen LogP contribution in [0.5, 0.6) is 0 Å². The van der Waals surface area contributed by atoms with Crippen molar-refractivity contribution in [3.05, 3.63) is 59.2 Å². The summed E-state index contributed by atoms with van der Waals surface area (Å²) in [4.78, 5) is 24.4. The minimum atomic E-state index is -0.533. The quantitative estimate of drug-likeness (QED) is 0.781. The van der Waals surface area contributed by atoms with Crippen molar-refractivity contribution in [2.45, 2.75) is 26.7 Å². The molecule has 0 spiro atoms. The first-order chi connectivity index (χ1) is 11.9. The zero-order valence-corrected chi connectivity index (χ0v) is 15.1. The SMILES string of the molecule is CNc1ccccc1C(=O)OCC(=O)Nc1c(C)cccc1C(C)C. The summed E-state index contributed by atoms with van der Waals surface area (Å²) in [6, 6.07) is 12.9. The van der Waals surface area contributed by atoms with Crippen molar-refractivity contribution in [1.82, 2.24) is 0 Å². The normalized spacial score (nSPS) is 10.4. The van der Waals surface area contributed by atoms with Crippen LogP contribution in [-0.4, -0.2) is 25.5 Å². The highest BCUT2D eigenvalue weighted by Crippen LogP contribution is 2.27. The van der Waals surface area contributed by atoms with Gasteiger partial charge in [-0.25, -0.2) is 4.79 Å². The van der Waals surface area contributed by atoms with Crippen LogP contribution in [-0.2, 0) is 9.53 Å². The minimum Gasteiger partial charge on any atom is -0.452 e. The van der Waals surface area contributed by atoms with Gasteiger partial charge in [-0.1, -0.05) is 44.2 Å². The second-order valence-corrected chi connectivity index (χ2v) is 6.11. The number of aryl methyl sites for hydroxylation is 1. The second kappa shape index (κ2) is 8.33. The summed E-state index contributed by atoms with van der Waals surface area (Å²) in [5.74, 6) is -0.610. The van der Waals surface area contributed by atoms with Crippen molar-refractivity contribution in [2.24, 2.45) is 0 Å². The lowest BCUT2D eigenvalue weighted by atomic mass is 9.98. The number of ether oxygens (including phenoxy) is 1. The Hall–Kier alpha value is -2.82. The van der Waals surface area contributed by atoms with Gasteiger partial charge in [0.2, 0.25) is 0 Å². The summed E-state index contributed by atoms with van der Waals surface area (Å²) < 4.78 is 5.15. The van der Waals surface area contributed by atoms with E-state index in [1.807, 2.05) is 31.2 Å². The van der Waals surface area contributed by atoms with E-state index in [-0.39, 0.29) is 18.4 Å². The Balaban J connectivity index is 2.03. The molecule has 0 bridgehead atoms. The molecule has 2 aromatic rings. The van der Waals surface area contributed by atoms with E-state index in [2.05, 4.69) is 24.5 Å². The van der Waals surface area contributed by atoms with Gasteiger partial charge in [0.05, 0.1) is 5.56 Å². The average molecular weight is 340 g/mol. The Kier molecular flexibility index (Phi) is 6.17. The smallest absolute Gasteiger partial charge is 0.340 e. The van der Waals surface area contributed by atoms with Crippen LogP contribution >= 0.6 is 0 Å². The van der Waals surface area contributed by atoms with Crippen molar-refractivity contribution in [3.8, 4) is 0 Å². The summed E-state index contributed by atoms with van der Waals surface area (Å²) >= 11 is 0. The molecule has 0 saturated heterocycles. The van der Waals surface area contributed by atoms with Gasteiger partial charge < -0.3 is 15.4 Å². The molecule has 2 N–H and O–H groups in total. The number of carbonyl (C=O) groups is 2. The van der Waals surface area contributed by atoms with Crippen LogP contribution in [0.2, 0.25) is 0 Å². The van der Waals surface area contributed by atoms with Crippen LogP contribution in [0.3, 0.4) is 0 Å². The Bertz CT molecular complexity index is 769.